The molecule has 1 unspecified atom stereocenters. The van der Waals surface area contributed by atoms with Crippen LogP contribution in [0.4, 0.5) is 10.5 Å². The molecule has 43 heavy (non-hydrogen) atoms. The summed E-state index contributed by atoms with van der Waals surface area (Å²) >= 11 is 0. The minimum atomic E-state index is -1.07. The Labute approximate surface area is 255 Å². The molecule has 0 saturated carbocycles. The number of ether oxygens (including phenoxy) is 2. The first-order valence-corrected chi connectivity index (χ1v) is 14.8. The summed E-state index contributed by atoms with van der Waals surface area (Å²) in [5.41, 5.74) is 1.28. The molecule has 236 valence electrons. The lowest BCUT2D eigenvalue weighted by Crippen LogP contribution is -2.40. The Morgan fingerprint density at radius 2 is 1.81 bits per heavy atom. The summed E-state index contributed by atoms with van der Waals surface area (Å²) in [5, 5.41) is 14.8. The molecule has 3 rings (SSSR count). The topological polar surface area (TPSA) is 134 Å². The number of likely N-dealkylation sites (N-methyl/N-ethyl adjacent to an activating group) is 1. The number of methoxy groups -OCH3 is 1. The number of carboxylic acids is 1. The molecule has 1 aliphatic heterocycles. The van der Waals surface area contributed by atoms with Gasteiger partial charge in [0, 0.05) is 30.1 Å². The van der Waals surface area contributed by atoms with Gasteiger partial charge in [-0.3, -0.25) is 9.69 Å². The zero-order valence-electron chi connectivity index (χ0n) is 26.2. The molecule has 0 aromatic heterocycles. The van der Waals surface area contributed by atoms with Gasteiger partial charge in [-0.25, -0.2) is 9.59 Å². The fourth-order valence-corrected chi connectivity index (χ4v) is 4.95. The zero-order chi connectivity index (χ0) is 32.0. The molecule has 10 nitrogen and oxygen atoms in total. The Balaban J connectivity index is 0.000000332. The second-order valence-electron chi connectivity index (χ2n) is 11.7. The number of aromatic carboxylic acids is 1. The monoisotopic (exact) mass is 597 g/mol. The van der Waals surface area contributed by atoms with Gasteiger partial charge in [0.1, 0.15) is 23.2 Å². The van der Waals surface area contributed by atoms with Crippen LogP contribution in [0.15, 0.2) is 48.5 Å². The van der Waals surface area contributed by atoms with E-state index in [1.54, 1.807) is 6.07 Å². The van der Waals surface area contributed by atoms with Crippen molar-refractivity contribution in [1.82, 2.24) is 10.2 Å². The molecule has 2 aromatic rings. The SMILES string of the molecule is CCC(C=O)CCCCNC(=O)OC(C)(C)C.COc1cc(NC(=O)[C@@H]2[C@H](c3ccccc3)CCN2C)ccc1C(=O)O. The predicted molar refractivity (Wildman–Crippen MR) is 167 cm³/mol. The molecule has 1 aliphatic rings. The van der Waals surface area contributed by atoms with Crippen LogP contribution in [0.25, 0.3) is 0 Å². The zero-order valence-corrected chi connectivity index (χ0v) is 26.2. The summed E-state index contributed by atoms with van der Waals surface area (Å²) < 4.78 is 10.2. The highest BCUT2D eigenvalue weighted by Gasteiger charge is 2.38. The van der Waals surface area contributed by atoms with Crippen molar-refractivity contribution in [3.8, 4) is 5.75 Å². The van der Waals surface area contributed by atoms with Crippen molar-refractivity contribution in [3.05, 3.63) is 59.7 Å². The number of carboxylic acid groups (broad SMARTS) is 1. The molecular weight excluding hydrogens is 550 g/mol. The molecule has 3 atom stereocenters. The van der Waals surface area contributed by atoms with Crippen molar-refractivity contribution >= 4 is 29.9 Å². The second-order valence-corrected chi connectivity index (χ2v) is 11.7. The van der Waals surface area contributed by atoms with Crippen molar-refractivity contribution in [1.29, 1.82) is 0 Å². The van der Waals surface area contributed by atoms with Crippen molar-refractivity contribution < 1.29 is 33.8 Å². The average Bonchev–Trinajstić information content (AvgIpc) is 3.36. The molecule has 2 amide bonds. The minimum Gasteiger partial charge on any atom is -0.496 e. The van der Waals surface area contributed by atoms with Gasteiger partial charge in [-0.2, -0.15) is 0 Å². The highest BCUT2D eigenvalue weighted by atomic mass is 16.6. The summed E-state index contributed by atoms with van der Waals surface area (Å²) in [7, 11) is 3.35. The van der Waals surface area contributed by atoms with Crippen molar-refractivity contribution in [2.45, 2.75) is 77.4 Å². The van der Waals surface area contributed by atoms with E-state index >= 15 is 0 Å². The number of alkyl carbamates (subject to hydrolysis) is 1. The van der Waals surface area contributed by atoms with Gasteiger partial charge in [0.15, 0.2) is 0 Å². The van der Waals surface area contributed by atoms with E-state index < -0.39 is 11.6 Å². The highest BCUT2D eigenvalue weighted by Crippen LogP contribution is 2.33. The van der Waals surface area contributed by atoms with Gasteiger partial charge in [-0.1, -0.05) is 43.7 Å². The molecule has 1 fully saturated rings. The van der Waals surface area contributed by atoms with E-state index in [2.05, 4.69) is 27.7 Å². The van der Waals surface area contributed by atoms with Crippen LogP contribution in [0, 0.1) is 5.92 Å². The van der Waals surface area contributed by atoms with Gasteiger partial charge < -0.3 is 30.0 Å². The Kier molecular flexibility index (Phi) is 14.2. The summed E-state index contributed by atoms with van der Waals surface area (Å²) in [6.07, 6.45) is 5.18. The minimum absolute atomic E-state index is 0.0608. The second kappa shape index (κ2) is 17.3. The third-order valence-electron chi connectivity index (χ3n) is 7.23. The lowest BCUT2D eigenvalue weighted by atomic mass is 9.91. The number of unbranched alkanes of at least 4 members (excludes halogenated alkanes) is 1. The van der Waals surface area contributed by atoms with E-state index in [0.29, 0.717) is 12.2 Å². The fourth-order valence-electron chi connectivity index (χ4n) is 4.95. The smallest absolute Gasteiger partial charge is 0.407 e. The normalized spacial score (nSPS) is 17.2. The first-order chi connectivity index (χ1) is 20.4. The maximum Gasteiger partial charge on any atom is 0.407 e. The van der Waals surface area contributed by atoms with E-state index in [1.165, 1.54) is 19.2 Å². The third-order valence-corrected chi connectivity index (χ3v) is 7.23. The van der Waals surface area contributed by atoms with E-state index in [-0.39, 0.29) is 41.2 Å². The summed E-state index contributed by atoms with van der Waals surface area (Å²) in [6, 6.07) is 14.3. The van der Waals surface area contributed by atoms with Crippen LogP contribution < -0.4 is 15.4 Å². The van der Waals surface area contributed by atoms with Crippen LogP contribution in [-0.2, 0) is 14.3 Å². The lowest BCUT2D eigenvalue weighted by molar-refractivity contribution is -0.120. The van der Waals surface area contributed by atoms with Crippen LogP contribution >= 0.6 is 0 Å². The van der Waals surface area contributed by atoms with E-state index in [0.717, 1.165) is 50.5 Å². The van der Waals surface area contributed by atoms with Crippen LogP contribution in [0.1, 0.15) is 81.6 Å². The Morgan fingerprint density at radius 1 is 1.12 bits per heavy atom. The number of hydrogen-bond donors (Lipinski definition) is 3. The molecule has 0 radical (unpaired) electrons. The van der Waals surface area contributed by atoms with E-state index in [9.17, 15) is 19.2 Å². The van der Waals surface area contributed by atoms with Crippen molar-refractivity contribution in [2.24, 2.45) is 5.92 Å². The Hall–Kier alpha value is -3.92. The molecule has 1 heterocycles. The van der Waals surface area contributed by atoms with Gasteiger partial charge >= 0.3 is 12.1 Å². The molecule has 0 bridgehead atoms. The number of nitrogens with one attached hydrogen (secondary N) is 2. The Morgan fingerprint density at radius 3 is 2.40 bits per heavy atom. The van der Waals surface area contributed by atoms with Crippen LogP contribution in [0.5, 0.6) is 5.75 Å². The largest absolute Gasteiger partial charge is 0.496 e. The van der Waals surface area contributed by atoms with E-state index in [4.69, 9.17) is 14.6 Å². The van der Waals surface area contributed by atoms with Crippen LogP contribution in [0.3, 0.4) is 0 Å². The standard InChI is InChI=1S/C20H22N2O4.C13H25NO3/c1-22-11-10-15(13-6-4-3-5-7-13)18(22)19(23)21-14-8-9-16(20(24)25)17(12-14)26-2;1-5-11(10-15)8-6-7-9-14-12(16)17-13(2,3)4/h3-9,12,15,18H,10-11H2,1-2H3,(H,21,23)(H,24,25);10-11H,5-9H2,1-4H3,(H,14,16)/t15-,18-;/m0./s1. The summed E-state index contributed by atoms with van der Waals surface area (Å²) in [5.74, 6) is -0.670. The third kappa shape index (κ3) is 11.7. The number of aldehydes is 1. The number of carbonyl (C=O) groups excluding carboxylic acids is 3. The van der Waals surface area contributed by atoms with Gasteiger partial charge in [0.25, 0.3) is 0 Å². The summed E-state index contributed by atoms with van der Waals surface area (Å²) in [4.78, 5) is 48.0. The van der Waals surface area contributed by atoms with Crippen LogP contribution in [0.2, 0.25) is 0 Å². The number of likely N-dealkylation sites (tertiary alicyclic amines) is 1. The number of hydrogen-bond acceptors (Lipinski definition) is 7. The van der Waals surface area contributed by atoms with Crippen molar-refractivity contribution in [2.75, 3.05) is 32.6 Å². The molecule has 1 saturated heterocycles. The fraction of sp³-hybridized carbons (Fsp3) is 0.515. The maximum atomic E-state index is 12.9. The predicted octanol–water partition coefficient (Wildman–Crippen LogP) is 5.73. The van der Waals surface area contributed by atoms with Crippen molar-refractivity contribution in [3.63, 3.8) is 0 Å². The van der Waals surface area contributed by atoms with Gasteiger partial charge in [0.2, 0.25) is 5.91 Å². The van der Waals surface area contributed by atoms with E-state index in [1.807, 2.05) is 52.9 Å². The summed E-state index contributed by atoms with van der Waals surface area (Å²) in [6.45, 7) is 8.97. The van der Waals surface area contributed by atoms with Gasteiger partial charge in [-0.15, -0.1) is 0 Å². The molecule has 2 aromatic carbocycles. The Bertz CT molecular complexity index is 1200. The number of benzene rings is 2. The molecule has 3 N–H and O–H groups in total. The molecule has 0 aliphatic carbocycles. The maximum absolute atomic E-state index is 12.9. The molecule has 10 heteroatoms. The first-order valence-electron chi connectivity index (χ1n) is 14.8. The van der Waals surface area contributed by atoms with Gasteiger partial charge in [-0.05, 0) is 77.7 Å². The molecule has 0 spiro atoms. The highest BCUT2D eigenvalue weighted by molar-refractivity contribution is 5.97. The lowest BCUT2D eigenvalue weighted by Gasteiger charge is -2.24. The quantitative estimate of drug-likeness (QED) is 0.209. The van der Waals surface area contributed by atoms with Crippen LogP contribution in [-0.4, -0.2) is 73.2 Å². The number of anilines is 1. The molecular formula is C33H47N3O7. The number of amides is 2. The number of rotatable bonds is 12. The number of carbonyl (C=O) groups is 4. The van der Waals surface area contributed by atoms with Gasteiger partial charge in [0.05, 0.1) is 13.2 Å². The average molecular weight is 598 g/mol. The first kappa shape index (κ1) is 35.3. The number of nitrogens with zero attached hydrogens (tertiary/aromatic N) is 1.